The van der Waals surface area contributed by atoms with Crippen LogP contribution in [0.3, 0.4) is 0 Å². The van der Waals surface area contributed by atoms with Crippen molar-refractivity contribution in [2.24, 2.45) is 13.0 Å². The van der Waals surface area contributed by atoms with Crippen molar-refractivity contribution >= 4 is 5.91 Å². The summed E-state index contributed by atoms with van der Waals surface area (Å²) in [5.74, 6) is 0.567. The Kier molecular flexibility index (Phi) is 5.48. The maximum absolute atomic E-state index is 12.6. The number of hydrogen-bond donors (Lipinski definition) is 0. The lowest BCUT2D eigenvalue weighted by molar-refractivity contribution is -0.130. The topological polar surface area (TPSA) is 54.3 Å². The van der Waals surface area contributed by atoms with Gasteiger partial charge in [-0.05, 0) is 44.0 Å². The van der Waals surface area contributed by atoms with Gasteiger partial charge in [-0.15, -0.1) is 0 Å². The molecule has 1 amide bonds. The van der Waals surface area contributed by atoms with E-state index in [0.29, 0.717) is 18.4 Å². The molecule has 6 nitrogen and oxygen atoms in total. The molecular weight excluding hydrogens is 314 g/mol. The molecule has 25 heavy (non-hydrogen) atoms. The van der Waals surface area contributed by atoms with E-state index in [1.165, 1.54) is 12.0 Å². The molecule has 2 aromatic heterocycles. The standard InChI is InChI=1S/C19H27N5O/c1-22-9-5-7-16(19(22)17-12-21-24(3)14-17)13-23(2)18(25)10-15-6-4-8-20-11-15/h4,6,8,11-12,14,16,19H,5,7,9-10,13H2,1-3H3/t16-,19+/m0/s1. The Morgan fingerprint density at radius 2 is 2.20 bits per heavy atom. The number of nitrogens with zero attached hydrogens (tertiary/aromatic N) is 5. The molecular formula is C19H27N5O. The van der Waals surface area contributed by atoms with Gasteiger partial charge in [0.2, 0.25) is 5.91 Å². The van der Waals surface area contributed by atoms with Crippen molar-refractivity contribution in [1.29, 1.82) is 0 Å². The van der Waals surface area contributed by atoms with Crippen LogP contribution < -0.4 is 0 Å². The Balaban J connectivity index is 1.67. The summed E-state index contributed by atoms with van der Waals surface area (Å²) in [5, 5.41) is 4.33. The fraction of sp³-hybridized carbons (Fsp3) is 0.526. The Bertz CT molecular complexity index is 699. The van der Waals surface area contributed by atoms with Gasteiger partial charge < -0.3 is 4.90 Å². The van der Waals surface area contributed by atoms with E-state index >= 15 is 0 Å². The van der Waals surface area contributed by atoms with Crippen LogP contribution in [0.4, 0.5) is 0 Å². The first kappa shape index (κ1) is 17.6. The van der Waals surface area contributed by atoms with Gasteiger partial charge in [0.1, 0.15) is 0 Å². The van der Waals surface area contributed by atoms with Gasteiger partial charge in [0.25, 0.3) is 0 Å². The molecule has 2 aromatic rings. The maximum Gasteiger partial charge on any atom is 0.226 e. The number of likely N-dealkylation sites (tertiary alicyclic amines) is 1. The van der Waals surface area contributed by atoms with Crippen LogP contribution in [0, 0.1) is 5.92 Å². The van der Waals surface area contributed by atoms with Crippen LogP contribution in [-0.2, 0) is 18.3 Å². The first-order valence-corrected chi connectivity index (χ1v) is 8.86. The molecule has 0 aliphatic carbocycles. The fourth-order valence-electron chi connectivity index (χ4n) is 3.84. The number of likely N-dealkylation sites (N-methyl/N-ethyl adjacent to an activating group) is 1. The van der Waals surface area contributed by atoms with Crippen LogP contribution in [-0.4, -0.2) is 57.7 Å². The van der Waals surface area contributed by atoms with Crippen molar-refractivity contribution in [3.8, 4) is 0 Å². The highest BCUT2D eigenvalue weighted by molar-refractivity contribution is 5.78. The van der Waals surface area contributed by atoms with Crippen LogP contribution in [0.5, 0.6) is 0 Å². The average Bonchev–Trinajstić information content (AvgIpc) is 3.01. The zero-order valence-corrected chi connectivity index (χ0v) is 15.3. The van der Waals surface area contributed by atoms with E-state index in [0.717, 1.165) is 25.1 Å². The summed E-state index contributed by atoms with van der Waals surface area (Å²) < 4.78 is 1.85. The van der Waals surface area contributed by atoms with E-state index in [1.54, 1.807) is 12.4 Å². The van der Waals surface area contributed by atoms with E-state index < -0.39 is 0 Å². The normalized spacial score (nSPS) is 21.2. The first-order valence-electron chi connectivity index (χ1n) is 8.86. The number of aromatic nitrogens is 3. The molecule has 1 aliphatic rings. The molecule has 0 aromatic carbocycles. The first-order chi connectivity index (χ1) is 12.0. The number of piperidine rings is 1. The van der Waals surface area contributed by atoms with Crippen LogP contribution in [0.2, 0.25) is 0 Å². The highest BCUT2D eigenvalue weighted by Gasteiger charge is 2.32. The Labute approximate surface area is 149 Å². The second-order valence-electron chi connectivity index (χ2n) is 7.09. The largest absolute Gasteiger partial charge is 0.345 e. The minimum absolute atomic E-state index is 0.145. The zero-order chi connectivity index (χ0) is 17.8. The minimum Gasteiger partial charge on any atom is -0.345 e. The van der Waals surface area contributed by atoms with Crippen molar-refractivity contribution in [2.75, 3.05) is 27.2 Å². The van der Waals surface area contributed by atoms with E-state index in [2.05, 4.69) is 28.2 Å². The van der Waals surface area contributed by atoms with Gasteiger partial charge >= 0.3 is 0 Å². The number of carbonyl (C=O) groups is 1. The van der Waals surface area contributed by atoms with Gasteiger partial charge in [0.15, 0.2) is 0 Å². The van der Waals surface area contributed by atoms with Gasteiger partial charge in [-0.3, -0.25) is 19.4 Å². The fourth-order valence-corrected chi connectivity index (χ4v) is 3.84. The van der Waals surface area contributed by atoms with Gasteiger partial charge in [0, 0.05) is 50.8 Å². The number of rotatable bonds is 5. The van der Waals surface area contributed by atoms with Crippen molar-refractivity contribution in [1.82, 2.24) is 24.6 Å². The molecule has 0 bridgehead atoms. The number of carbonyl (C=O) groups excluding carboxylic acids is 1. The molecule has 0 unspecified atom stereocenters. The van der Waals surface area contributed by atoms with Crippen molar-refractivity contribution in [3.63, 3.8) is 0 Å². The summed E-state index contributed by atoms with van der Waals surface area (Å²) in [6.07, 6.45) is 10.3. The molecule has 0 N–H and O–H groups in total. The van der Waals surface area contributed by atoms with Gasteiger partial charge in [-0.25, -0.2) is 0 Å². The molecule has 3 heterocycles. The predicted octanol–water partition coefficient (Wildman–Crippen LogP) is 1.90. The molecule has 1 saturated heterocycles. The zero-order valence-electron chi connectivity index (χ0n) is 15.3. The van der Waals surface area contributed by atoms with Gasteiger partial charge in [0.05, 0.1) is 12.6 Å². The van der Waals surface area contributed by atoms with E-state index in [4.69, 9.17) is 0 Å². The van der Waals surface area contributed by atoms with E-state index in [1.807, 2.05) is 42.0 Å². The number of amides is 1. The van der Waals surface area contributed by atoms with E-state index in [9.17, 15) is 4.79 Å². The maximum atomic E-state index is 12.6. The molecule has 6 heteroatoms. The lowest BCUT2D eigenvalue weighted by Crippen LogP contribution is -2.42. The van der Waals surface area contributed by atoms with Crippen molar-refractivity contribution in [3.05, 3.63) is 48.0 Å². The number of aryl methyl sites for hydroxylation is 1. The Morgan fingerprint density at radius 3 is 2.88 bits per heavy atom. The van der Waals surface area contributed by atoms with Crippen molar-refractivity contribution < 1.29 is 4.79 Å². The highest BCUT2D eigenvalue weighted by atomic mass is 16.2. The minimum atomic E-state index is 0.145. The number of pyridine rings is 1. The summed E-state index contributed by atoms with van der Waals surface area (Å²) in [4.78, 5) is 20.9. The summed E-state index contributed by atoms with van der Waals surface area (Å²) in [7, 11) is 6.03. The second-order valence-corrected chi connectivity index (χ2v) is 7.09. The summed E-state index contributed by atoms with van der Waals surface area (Å²) in [6, 6.07) is 4.14. The third kappa shape index (κ3) is 4.25. The molecule has 0 spiro atoms. The number of hydrogen-bond acceptors (Lipinski definition) is 4. The highest BCUT2D eigenvalue weighted by Crippen LogP contribution is 2.35. The molecule has 134 valence electrons. The summed E-state index contributed by atoms with van der Waals surface area (Å²) >= 11 is 0. The lowest BCUT2D eigenvalue weighted by Gasteiger charge is -2.40. The smallest absolute Gasteiger partial charge is 0.226 e. The summed E-state index contributed by atoms with van der Waals surface area (Å²) in [6.45, 7) is 1.85. The molecule has 1 fully saturated rings. The average molecular weight is 341 g/mol. The quantitative estimate of drug-likeness (QED) is 0.833. The van der Waals surface area contributed by atoms with Crippen LogP contribution in [0.25, 0.3) is 0 Å². The molecule has 3 rings (SSSR count). The summed E-state index contributed by atoms with van der Waals surface area (Å²) in [5.41, 5.74) is 2.20. The van der Waals surface area contributed by atoms with Crippen LogP contribution in [0.1, 0.15) is 30.0 Å². The third-order valence-corrected chi connectivity index (χ3v) is 5.09. The molecule has 0 radical (unpaired) electrons. The Morgan fingerprint density at radius 1 is 1.36 bits per heavy atom. The SMILES string of the molecule is CN(C[C@@H]1CCCN(C)[C@H]1c1cnn(C)c1)C(=O)Cc1cccnc1. The van der Waals surface area contributed by atoms with E-state index in [-0.39, 0.29) is 5.91 Å². The van der Waals surface area contributed by atoms with Gasteiger partial charge in [-0.2, -0.15) is 5.10 Å². The van der Waals surface area contributed by atoms with Crippen molar-refractivity contribution in [2.45, 2.75) is 25.3 Å². The lowest BCUT2D eigenvalue weighted by atomic mass is 9.85. The molecule has 1 aliphatic heterocycles. The third-order valence-electron chi connectivity index (χ3n) is 5.09. The van der Waals surface area contributed by atoms with Gasteiger partial charge in [-0.1, -0.05) is 6.07 Å². The molecule has 0 saturated carbocycles. The Hall–Kier alpha value is -2.21. The van der Waals surface area contributed by atoms with Crippen LogP contribution >= 0.6 is 0 Å². The molecule has 2 atom stereocenters. The predicted molar refractivity (Wildman–Crippen MR) is 96.9 cm³/mol. The monoisotopic (exact) mass is 341 g/mol. The van der Waals surface area contributed by atoms with Crippen LogP contribution in [0.15, 0.2) is 36.9 Å². The second kappa shape index (κ2) is 7.78.